The van der Waals surface area contributed by atoms with Crippen LogP contribution in [0, 0.1) is 0 Å². The summed E-state index contributed by atoms with van der Waals surface area (Å²) in [5.74, 6) is -2.83. The Balaban J connectivity index is 3.22. The van der Waals surface area contributed by atoms with Crippen molar-refractivity contribution < 1.29 is 47.6 Å². The zero-order chi connectivity index (χ0) is 22.0. The first kappa shape index (κ1) is 24.1. The number of esters is 4. The van der Waals surface area contributed by atoms with E-state index < -0.39 is 54.6 Å². The summed E-state index contributed by atoms with van der Waals surface area (Å²) in [7, 11) is 0. The highest BCUT2D eigenvalue weighted by atomic mass is 16.7. The number of rotatable bonds is 9. The molecule has 0 amide bonds. The van der Waals surface area contributed by atoms with Gasteiger partial charge in [0.25, 0.3) is 0 Å². The number of ether oxygens (including phenoxy) is 6. The fourth-order valence-corrected chi connectivity index (χ4v) is 2.58. The third-order valence-electron chi connectivity index (χ3n) is 3.48. The van der Waals surface area contributed by atoms with E-state index in [2.05, 4.69) is 10.0 Å². The van der Waals surface area contributed by atoms with Gasteiger partial charge in [0.1, 0.15) is 12.7 Å². The summed E-state index contributed by atoms with van der Waals surface area (Å²) in [4.78, 5) is 48.5. The highest BCUT2D eigenvalue weighted by molar-refractivity contribution is 5.68. The first-order valence-electron chi connectivity index (χ1n) is 8.58. The van der Waals surface area contributed by atoms with Gasteiger partial charge in [0.15, 0.2) is 24.6 Å². The molecule has 1 aliphatic heterocycles. The van der Waals surface area contributed by atoms with Crippen molar-refractivity contribution in [1.82, 2.24) is 0 Å². The van der Waals surface area contributed by atoms with Gasteiger partial charge in [-0.25, -0.2) is 0 Å². The molecule has 13 heteroatoms. The van der Waals surface area contributed by atoms with Gasteiger partial charge >= 0.3 is 23.9 Å². The molecule has 0 unspecified atom stereocenters. The zero-order valence-corrected chi connectivity index (χ0v) is 16.4. The van der Waals surface area contributed by atoms with Crippen molar-refractivity contribution >= 4 is 23.9 Å². The second kappa shape index (κ2) is 11.8. The van der Waals surface area contributed by atoms with Gasteiger partial charge in [-0.2, -0.15) is 0 Å². The van der Waals surface area contributed by atoms with Crippen LogP contribution >= 0.6 is 0 Å². The molecule has 0 spiro atoms. The van der Waals surface area contributed by atoms with Gasteiger partial charge in [-0.05, 0) is 5.53 Å². The SMILES string of the molecule is CC(=O)OC[C@H]1O[C@H](OCCN=[N+]=[N-])[C@H](OC(C)=O)[C@@H](OC(C)=O)[C@H]1OC(C)=O. The second-order valence-corrected chi connectivity index (χ2v) is 5.89. The Labute approximate surface area is 166 Å². The molecule has 0 aromatic rings. The number of carbonyl (C=O) groups is 4. The average molecular weight is 417 g/mol. The lowest BCUT2D eigenvalue weighted by atomic mass is 9.98. The standard InChI is InChI=1S/C16H23N3O10/c1-8(20)25-7-12-13(26-9(2)21)14(27-10(3)22)15(28-11(4)23)16(29-12)24-6-5-18-19-17/h12-16H,5-7H2,1-4H3/t12-,13+,14+,15-,16+/m1/s1. The fraction of sp³-hybridized carbons (Fsp3) is 0.750. The van der Waals surface area contributed by atoms with Crippen molar-refractivity contribution in [3.05, 3.63) is 10.4 Å². The minimum absolute atomic E-state index is 0.0522. The van der Waals surface area contributed by atoms with E-state index in [-0.39, 0.29) is 19.8 Å². The van der Waals surface area contributed by atoms with E-state index in [9.17, 15) is 19.2 Å². The summed E-state index contributed by atoms with van der Waals surface area (Å²) in [6.07, 6.45) is -6.25. The Kier molecular flexibility index (Phi) is 9.86. The summed E-state index contributed by atoms with van der Waals surface area (Å²) >= 11 is 0. The summed E-state index contributed by atoms with van der Waals surface area (Å²) < 4.78 is 31.7. The van der Waals surface area contributed by atoms with E-state index in [1.807, 2.05) is 0 Å². The van der Waals surface area contributed by atoms with Crippen LogP contribution in [0.2, 0.25) is 0 Å². The van der Waals surface area contributed by atoms with Gasteiger partial charge in [0, 0.05) is 39.2 Å². The summed E-state index contributed by atoms with van der Waals surface area (Å²) in [5.41, 5.74) is 8.35. The van der Waals surface area contributed by atoms with Gasteiger partial charge in [-0.15, -0.1) is 0 Å². The molecule has 0 saturated carbocycles. The summed E-state index contributed by atoms with van der Waals surface area (Å²) in [6, 6.07) is 0. The van der Waals surface area contributed by atoms with Crippen molar-refractivity contribution in [3.8, 4) is 0 Å². The van der Waals surface area contributed by atoms with E-state index in [1.165, 1.54) is 6.92 Å². The van der Waals surface area contributed by atoms with Crippen LogP contribution in [0.1, 0.15) is 27.7 Å². The predicted molar refractivity (Wildman–Crippen MR) is 91.9 cm³/mol. The lowest BCUT2D eigenvalue weighted by Crippen LogP contribution is -2.63. The van der Waals surface area contributed by atoms with Crippen LogP contribution in [-0.2, 0) is 47.6 Å². The van der Waals surface area contributed by atoms with Crippen LogP contribution in [0.15, 0.2) is 5.11 Å². The summed E-state index contributed by atoms with van der Waals surface area (Å²) in [6.45, 7) is 4.01. The molecule has 1 saturated heterocycles. The molecule has 1 fully saturated rings. The number of hydrogen-bond acceptors (Lipinski definition) is 11. The molecule has 0 aliphatic carbocycles. The Bertz CT molecular complexity index is 663. The van der Waals surface area contributed by atoms with Gasteiger partial charge < -0.3 is 28.4 Å². The van der Waals surface area contributed by atoms with Crippen molar-refractivity contribution in [2.45, 2.75) is 58.4 Å². The van der Waals surface area contributed by atoms with E-state index in [4.69, 9.17) is 34.0 Å². The average Bonchev–Trinajstić information content (AvgIpc) is 2.60. The predicted octanol–water partition coefficient (Wildman–Crippen LogP) is 0.396. The molecule has 13 nitrogen and oxygen atoms in total. The molecule has 1 aliphatic rings. The number of hydrogen-bond donors (Lipinski definition) is 0. The highest BCUT2D eigenvalue weighted by Crippen LogP contribution is 2.29. The molecule has 5 atom stereocenters. The molecular formula is C16H23N3O10. The highest BCUT2D eigenvalue weighted by Gasteiger charge is 2.52. The van der Waals surface area contributed by atoms with Crippen molar-refractivity contribution in [2.24, 2.45) is 5.11 Å². The van der Waals surface area contributed by atoms with E-state index in [1.54, 1.807) is 0 Å². The molecule has 0 bridgehead atoms. The van der Waals surface area contributed by atoms with Gasteiger partial charge in [-0.1, -0.05) is 5.11 Å². The third-order valence-corrected chi connectivity index (χ3v) is 3.48. The molecular weight excluding hydrogens is 394 g/mol. The van der Waals surface area contributed by atoms with E-state index >= 15 is 0 Å². The Morgan fingerprint density at radius 1 is 0.897 bits per heavy atom. The van der Waals surface area contributed by atoms with Crippen LogP contribution in [0.25, 0.3) is 10.4 Å². The molecule has 0 N–H and O–H groups in total. The molecule has 0 aromatic heterocycles. The Morgan fingerprint density at radius 3 is 1.97 bits per heavy atom. The van der Waals surface area contributed by atoms with Crippen LogP contribution in [0.4, 0.5) is 0 Å². The van der Waals surface area contributed by atoms with Gasteiger partial charge in [-0.3, -0.25) is 19.2 Å². The Hall–Kier alpha value is -2.89. The monoisotopic (exact) mass is 417 g/mol. The maximum atomic E-state index is 11.6. The Morgan fingerprint density at radius 2 is 1.45 bits per heavy atom. The normalized spacial score (nSPS) is 25.9. The topological polar surface area (TPSA) is 172 Å². The number of nitrogens with zero attached hydrogens (tertiary/aromatic N) is 3. The van der Waals surface area contributed by atoms with Crippen molar-refractivity contribution in [1.29, 1.82) is 0 Å². The van der Waals surface area contributed by atoms with E-state index in [0.717, 1.165) is 20.8 Å². The molecule has 162 valence electrons. The molecule has 1 rings (SSSR count). The quantitative estimate of drug-likeness (QED) is 0.128. The first-order valence-corrected chi connectivity index (χ1v) is 8.58. The maximum absolute atomic E-state index is 11.6. The molecule has 0 radical (unpaired) electrons. The molecule has 1 heterocycles. The minimum Gasteiger partial charge on any atom is -0.463 e. The van der Waals surface area contributed by atoms with Crippen molar-refractivity contribution in [2.75, 3.05) is 19.8 Å². The maximum Gasteiger partial charge on any atom is 0.303 e. The van der Waals surface area contributed by atoms with Gasteiger partial charge in [0.2, 0.25) is 0 Å². The second-order valence-electron chi connectivity index (χ2n) is 5.89. The third kappa shape index (κ3) is 8.34. The largest absolute Gasteiger partial charge is 0.463 e. The van der Waals surface area contributed by atoms with Gasteiger partial charge in [0.05, 0.1) is 6.61 Å². The van der Waals surface area contributed by atoms with Crippen LogP contribution in [0.5, 0.6) is 0 Å². The fourth-order valence-electron chi connectivity index (χ4n) is 2.58. The lowest BCUT2D eigenvalue weighted by Gasteiger charge is -2.44. The van der Waals surface area contributed by atoms with Crippen molar-refractivity contribution in [3.63, 3.8) is 0 Å². The van der Waals surface area contributed by atoms with Crippen LogP contribution in [0.3, 0.4) is 0 Å². The minimum atomic E-state index is -1.31. The summed E-state index contributed by atoms with van der Waals surface area (Å²) in [5, 5.41) is 3.31. The number of carbonyl (C=O) groups excluding carboxylic acids is 4. The van der Waals surface area contributed by atoms with E-state index in [0.29, 0.717) is 0 Å². The molecule has 0 aromatic carbocycles. The molecule has 29 heavy (non-hydrogen) atoms. The zero-order valence-electron chi connectivity index (χ0n) is 16.4. The van der Waals surface area contributed by atoms with Crippen LogP contribution < -0.4 is 0 Å². The number of azide groups is 1. The smallest absolute Gasteiger partial charge is 0.303 e. The van der Waals surface area contributed by atoms with Crippen LogP contribution in [-0.4, -0.2) is 74.3 Å². The first-order chi connectivity index (χ1) is 13.6. The lowest BCUT2D eigenvalue weighted by molar-refractivity contribution is -0.307.